The maximum atomic E-state index is 11.2. The van der Waals surface area contributed by atoms with Crippen LogP contribution >= 0.6 is 11.8 Å². The van der Waals surface area contributed by atoms with Crippen LogP contribution in [0.5, 0.6) is 0 Å². The van der Waals surface area contributed by atoms with E-state index in [9.17, 15) is 4.79 Å². The van der Waals surface area contributed by atoms with Crippen molar-refractivity contribution in [2.75, 3.05) is 37.7 Å². The zero-order valence-electron chi connectivity index (χ0n) is 9.42. The number of rotatable bonds is 10. The van der Waals surface area contributed by atoms with Crippen molar-refractivity contribution < 1.29 is 9.90 Å². The van der Waals surface area contributed by atoms with Gasteiger partial charge in [0.1, 0.15) is 0 Å². The molecule has 0 aromatic heterocycles. The highest BCUT2D eigenvalue weighted by atomic mass is 32.2. The highest BCUT2D eigenvalue weighted by Crippen LogP contribution is 1.99. The summed E-state index contributed by atoms with van der Waals surface area (Å²) in [4.78, 5) is 11.2. The molecule has 0 aromatic carbocycles. The van der Waals surface area contributed by atoms with Crippen molar-refractivity contribution in [1.29, 1.82) is 0 Å². The molecule has 0 saturated carbocycles. The molecule has 0 aliphatic rings. The third-order valence-electron chi connectivity index (χ3n) is 1.79. The first-order valence-corrected chi connectivity index (χ1v) is 6.62. The van der Waals surface area contributed by atoms with Crippen molar-refractivity contribution >= 4 is 17.7 Å². The Kier molecular flexibility index (Phi) is 11.6. The Morgan fingerprint density at radius 2 is 2.13 bits per heavy atom. The molecule has 0 fully saturated rings. The molecule has 0 unspecified atom stereocenters. The molecule has 0 rings (SSSR count). The summed E-state index contributed by atoms with van der Waals surface area (Å²) in [6.07, 6.45) is 1.38. The minimum absolute atomic E-state index is 0.110. The zero-order valence-corrected chi connectivity index (χ0v) is 10.2. The Morgan fingerprint density at radius 3 is 2.80 bits per heavy atom. The van der Waals surface area contributed by atoms with Crippen LogP contribution < -0.4 is 10.6 Å². The smallest absolute Gasteiger partial charge is 0.221 e. The summed E-state index contributed by atoms with van der Waals surface area (Å²) in [5, 5.41) is 14.5. The van der Waals surface area contributed by atoms with E-state index in [-0.39, 0.29) is 12.5 Å². The largest absolute Gasteiger partial charge is 0.396 e. The van der Waals surface area contributed by atoms with Gasteiger partial charge in [0.05, 0.1) is 0 Å². The highest BCUT2D eigenvalue weighted by Gasteiger charge is 1.98. The van der Waals surface area contributed by atoms with Crippen LogP contribution in [0.1, 0.15) is 19.8 Å². The van der Waals surface area contributed by atoms with Crippen LogP contribution in [0.15, 0.2) is 0 Å². The molecule has 15 heavy (non-hydrogen) atoms. The van der Waals surface area contributed by atoms with Gasteiger partial charge in [0.2, 0.25) is 5.91 Å². The van der Waals surface area contributed by atoms with Crippen LogP contribution in [0.2, 0.25) is 0 Å². The average molecular weight is 234 g/mol. The van der Waals surface area contributed by atoms with Gasteiger partial charge >= 0.3 is 0 Å². The fourth-order valence-corrected chi connectivity index (χ4v) is 1.78. The van der Waals surface area contributed by atoms with Crippen LogP contribution in [0.3, 0.4) is 0 Å². The summed E-state index contributed by atoms with van der Waals surface area (Å²) in [6.45, 7) is 4.66. The highest BCUT2D eigenvalue weighted by molar-refractivity contribution is 7.99. The van der Waals surface area contributed by atoms with Crippen molar-refractivity contribution in [1.82, 2.24) is 10.6 Å². The van der Waals surface area contributed by atoms with Crippen LogP contribution in [0, 0.1) is 0 Å². The number of carbonyl (C=O) groups excluding carboxylic acids is 1. The van der Waals surface area contributed by atoms with Crippen LogP contribution in [-0.2, 0) is 4.79 Å². The number of aliphatic hydroxyl groups excluding tert-OH is 1. The van der Waals surface area contributed by atoms with Crippen LogP contribution in [-0.4, -0.2) is 48.8 Å². The SMILES string of the molecule is CCNCCC(=O)NCCSCCCO. The van der Waals surface area contributed by atoms with Gasteiger partial charge in [-0.3, -0.25) is 4.79 Å². The third-order valence-corrected chi connectivity index (χ3v) is 2.86. The van der Waals surface area contributed by atoms with E-state index in [0.717, 1.165) is 37.6 Å². The molecule has 1 amide bonds. The fourth-order valence-electron chi connectivity index (χ4n) is 0.998. The molecule has 0 saturated heterocycles. The Labute approximate surface area is 96.2 Å². The lowest BCUT2D eigenvalue weighted by molar-refractivity contribution is -0.120. The fraction of sp³-hybridized carbons (Fsp3) is 0.900. The standard InChI is InChI=1S/C10H22N2O2S/c1-2-11-5-4-10(14)12-6-9-15-8-3-7-13/h11,13H,2-9H2,1H3,(H,12,14). The van der Waals surface area contributed by atoms with Gasteiger partial charge in [-0.2, -0.15) is 11.8 Å². The molecule has 90 valence electrons. The molecule has 0 aromatic rings. The lowest BCUT2D eigenvalue weighted by Crippen LogP contribution is -2.29. The lowest BCUT2D eigenvalue weighted by atomic mass is 10.4. The molecule has 3 N–H and O–H groups in total. The topological polar surface area (TPSA) is 61.4 Å². The number of amides is 1. The number of carbonyl (C=O) groups is 1. The molecule has 0 atom stereocenters. The minimum Gasteiger partial charge on any atom is -0.396 e. The minimum atomic E-state index is 0.110. The first kappa shape index (κ1) is 14.7. The van der Waals surface area contributed by atoms with E-state index in [1.165, 1.54) is 0 Å². The summed E-state index contributed by atoms with van der Waals surface area (Å²) < 4.78 is 0. The second-order valence-corrected chi connectivity index (χ2v) is 4.37. The first-order chi connectivity index (χ1) is 7.31. The van der Waals surface area contributed by atoms with Gasteiger partial charge in [-0.15, -0.1) is 0 Å². The normalized spacial score (nSPS) is 10.3. The maximum absolute atomic E-state index is 11.2. The van der Waals surface area contributed by atoms with Crippen molar-refractivity contribution in [3.8, 4) is 0 Å². The van der Waals surface area contributed by atoms with E-state index in [1.54, 1.807) is 11.8 Å². The second-order valence-electron chi connectivity index (χ2n) is 3.14. The van der Waals surface area contributed by atoms with E-state index < -0.39 is 0 Å². The second kappa shape index (κ2) is 11.8. The molecular weight excluding hydrogens is 212 g/mol. The van der Waals surface area contributed by atoms with Crippen LogP contribution in [0.4, 0.5) is 0 Å². The van der Waals surface area contributed by atoms with E-state index in [2.05, 4.69) is 10.6 Å². The summed E-state index contributed by atoms with van der Waals surface area (Å²) in [5.74, 6) is 2.00. The van der Waals surface area contributed by atoms with Gasteiger partial charge < -0.3 is 15.7 Å². The number of nitrogens with one attached hydrogen (secondary N) is 2. The van der Waals surface area contributed by atoms with E-state index in [0.29, 0.717) is 6.42 Å². The molecule has 0 aliphatic carbocycles. The van der Waals surface area contributed by atoms with Crippen molar-refractivity contribution in [3.05, 3.63) is 0 Å². The molecule has 0 spiro atoms. The molecule has 5 heteroatoms. The maximum Gasteiger partial charge on any atom is 0.221 e. The summed E-state index contributed by atoms with van der Waals surface area (Å²) in [7, 11) is 0. The average Bonchev–Trinajstić information content (AvgIpc) is 2.23. The molecule has 4 nitrogen and oxygen atoms in total. The Balaban J connectivity index is 3.10. The van der Waals surface area contributed by atoms with Gasteiger partial charge in [0.15, 0.2) is 0 Å². The van der Waals surface area contributed by atoms with Crippen molar-refractivity contribution in [2.24, 2.45) is 0 Å². The number of thioether (sulfide) groups is 1. The predicted octanol–water partition coefficient (Wildman–Crippen LogP) is 0.218. The number of hydrogen-bond acceptors (Lipinski definition) is 4. The summed E-state index contributed by atoms with van der Waals surface area (Å²) in [5.41, 5.74) is 0. The Hall–Kier alpha value is -0.260. The van der Waals surface area contributed by atoms with Gasteiger partial charge in [0, 0.05) is 31.9 Å². The zero-order chi connectivity index (χ0) is 11.4. The van der Waals surface area contributed by atoms with Crippen LogP contribution in [0.25, 0.3) is 0 Å². The number of hydrogen-bond donors (Lipinski definition) is 3. The van der Waals surface area contributed by atoms with Crippen molar-refractivity contribution in [2.45, 2.75) is 19.8 Å². The Bertz CT molecular complexity index is 156. The van der Waals surface area contributed by atoms with Gasteiger partial charge in [-0.05, 0) is 18.7 Å². The van der Waals surface area contributed by atoms with Gasteiger partial charge in [0.25, 0.3) is 0 Å². The van der Waals surface area contributed by atoms with Gasteiger partial charge in [-0.1, -0.05) is 6.92 Å². The van der Waals surface area contributed by atoms with Gasteiger partial charge in [-0.25, -0.2) is 0 Å². The lowest BCUT2D eigenvalue weighted by Gasteiger charge is -2.05. The van der Waals surface area contributed by atoms with E-state index >= 15 is 0 Å². The molecular formula is C10H22N2O2S. The molecule has 0 bridgehead atoms. The number of aliphatic hydroxyl groups is 1. The van der Waals surface area contributed by atoms with E-state index in [4.69, 9.17) is 5.11 Å². The molecule has 0 radical (unpaired) electrons. The first-order valence-electron chi connectivity index (χ1n) is 5.47. The van der Waals surface area contributed by atoms with E-state index in [1.807, 2.05) is 6.92 Å². The quantitative estimate of drug-likeness (QED) is 0.473. The van der Waals surface area contributed by atoms with Crippen molar-refractivity contribution in [3.63, 3.8) is 0 Å². The molecule has 0 aliphatic heterocycles. The predicted molar refractivity (Wildman–Crippen MR) is 65.2 cm³/mol. The Morgan fingerprint density at radius 1 is 1.33 bits per heavy atom. The summed E-state index contributed by atoms with van der Waals surface area (Å²) in [6, 6.07) is 0. The molecule has 0 heterocycles. The summed E-state index contributed by atoms with van der Waals surface area (Å²) >= 11 is 1.76. The monoisotopic (exact) mass is 234 g/mol. The third kappa shape index (κ3) is 11.7.